The zero-order valence-corrected chi connectivity index (χ0v) is 10.4. The zero-order chi connectivity index (χ0) is 13.4. The van der Waals surface area contributed by atoms with Crippen LogP contribution in [-0.2, 0) is 0 Å². The molecule has 0 saturated carbocycles. The fourth-order valence-electron chi connectivity index (χ4n) is 2.08. The van der Waals surface area contributed by atoms with E-state index < -0.39 is 0 Å². The van der Waals surface area contributed by atoms with Crippen LogP contribution < -0.4 is 10.5 Å². The van der Waals surface area contributed by atoms with Crippen LogP contribution >= 0.6 is 0 Å². The number of ether oxygens (including phenoxy) is 1. The van der Waals surface area contributed by atoms with Crippen LogP contribution in [0.4, 0.5) is 5.95 Å². The molecule has 5 heteroatoms. The van der Waals surface area contributed by atoms with E-state index in [2.05, 4.69) is 4.98 Å². The highest BCUT2D eigenvalue weighted by Crippen LogP contribution is 2.26. The summed E-state index contributed by atoms with van der Waals surface area (Å²) in [6.45, 7) is 0. The summed E-state index contributed by atoms with van der Waals surface area (Å²) in [6.07, 6.45) is 0. The molecule has 0 spiro atoms. The van der Waals surface area contributed by atoms with E-state index in [0.29, 0.717) is 5.95 Å². The summed E-state index contributed by atoms with van der Waals surface area (Å²) < 4.78 is 6.91. The number of benzene rings is 2. The number of anilines is 1. The molecule has 0 saturated heterocycles. The van der Waals surface area contributed by atoms with Crippen molar-refractivity contribution in [1.29, 1.82) is 0 Å². The molecular formula is C14H13N3O2. The number of aromatic nitrogens is 2. The summed E-state index contributed by atoms with van der Waals surface area (Å²) in [7, 11) is 1.62. The van der Waals surface area contributed by atoms with E-state index in [0.717, 1.165) is 22.5 Å². The smallest absolute Gasteiger partial charge is 0.205 e. The van der Waals surface area contributed by atoms with E-state index in [1.165, 1.54) is 0 Å². The first-order chi connectivity index (χ1) is 9.19. The Bertz CT molecular complexity index is 732. The molecule has 2 aromatic carbocycles. The highest BCUT2D eigenvalue weighted by atomic mass is 16.5. The normalized spacial score (nSPS) is 10.8. The van der Waals surface area contributed by atoms with Gasteiger partial charge in [0.15, 0.2) is 0 Å². The minimum absolute atomic E-state index is 0.183. The molecule has 0 aliphatic heterocycles. The van der Waals surface area contributed by atoms with Crippen LogP contribution in [-0.4, -0.2) is 21.8 Å². The number of rotatable bonds is 2. The lowest BCUT2D eigenvalue weighted by Gasteiger charge is -2.07. The van der Waals surface area contributed by atoms with E-state index in [4.69, 9.17) is 10.5 Å². The van der Waals surface area contributed by atoms with E-state index in [1.807, 2.05) is 24.3 Å². The summed E-state index contributed by atoms with van der Waals surface area (Å²) in [5, 5.41) is 9.59. The lowest BCUT2D eigenvalue weighted by Crippen LogP contribution is -2.00. The molecule has 0 atom stereocenters. The highest BCUT2D eigenvalue weighted by Gasteiger charge is 2.10. The van der Waals surface area contributed by atoms with Crippen LogP contribution in [0.1, 0.15) is 0 Å². The van der Waals surface area contributed by atoms with Gasteiger partial charge in [0.1, 0.15) is 11.5 Å². The van der Waals surface area contributed by atoms with E-state index in [1.54, 1.807) is 29.9 Å². The van der Waals surface area contributed by atoms with Crippen molar-refractivity contribution in [3.05, 3.63) is 42.5 Å². The summed E-state index contributed by atoms with van der Waals surface area (Å²) in [4.78, 5) is 4.27. The fraction of sp³-hybridized carbons (Fsp3) is 0.0714. The maximum absolute atomic E-state index is 9.59. The molecular weight excluding hydrogens is 242 g/mol. The Balaban J connectivity index is 2.22. The second kappa shape index (κ2) is 4.20. The minimum atomic E-state index is 0.183. The molecule has 0 radical (unpaired) electrons. The number of hydrogen-bond acceptors (Lipinski definition) is 4. The van der Waals surface area contributed by atoms with Crippen LogP contribution in [0.3, 0.4) is 0 Å². The van der Waals surface area contributed by atoms with Gasteiger partial charge in [-0.2, -0.15) is 0 Å². The number of imidazole rings is 1. The van der Waals surface area contributed by atoms with Gasteiger partial charge in [-0.25, -0.2) is 4.98 Å². The number of phenols is 1. The van der Waals surface area contributed by atoms with Gasteiger partial charge in [-0.1, -0.05) is 0 Å². The molecule has 0 fully saturated rings. The third kappa shape index (κ3) is 1.85. The number of methoxy groups -OCH3 is 1. The van der Waals surface area contributed by atoms with Gasteiger partial charge in [0.2, 0.25) is 5.95 Å². The number of nitrogens with zero attached hydrogens (tertiary/aromatic N) is 2. The monoisotopic (exact) mass is 255 g/mol. The van der Waals surface area contributed by atoms with Crippen molar-refractivity contribution in [2.24, 2.45) is 0 Å². The first-order valence-corrected chi connectivity index (χ1v) is 5.80. The van der Waals surface area contributed by atoms with Gasteiger partial charge in [0.05, 0.1) is 18.1 Å². The molecule has 1 heterocycles. The second-order valence-electron chi connectivity index (χ2n) is 4.18. The van der Waals surface area contributed by atoms with Crippen LogP contribution in [0, 0.1) is 0 Å². The number of phenolic OH excluding ortho intramolecular Hbond substituents is 1. The van der Waals surface area contributed by atoms with E-state index >= 15 is 0 Å². The summed E-state index contributed by atoms with van der Waals surface area (Å²) in [6, 6.07) is 12.4. The Labute approximate surface area is 109 Å². The Morgan fingerprint density at radius 2 is 1.89 bits per heavy atom. The topological polar surface area (TPSA) is 73.3 Å². The SMILES string of the molecule is COc1ccc(-n2c(N)nc3ccc(O)cc32)cc1. The Morgan fingerprint density at radius 3 is 2.58 bits per heavy atom. The summed E-state index contributed by atoms with van der Waals surface area (Å²) in [5.74, 6) is 1.34. The Morgan fingerprint density at radius 1 is 1.16 bits per heavy atom. The van der Waals surface area contributed by atoms with Gasteiger partial charge < -0.3 is 15.6 Å². The van der Waals surface area contributed by atoms with Crippen molar-refractivity contribution in [2.75, 3.05) is 12.8 Å². The molecule has 0 aliphatic carbocycles. The summed E-state index contributed by atoms with van der Waals surface area (Å²) >= 11 is 0. The van der Waals surface area contributed by atoms with Crippen molar-refractivity contribution in [2.45, 2.75) is 0 Å². The molecule has 0 unspecified atom stereocenters. The molecule has 3 aromatic rings. The van der Waals surface area contributed by atoms with Gasteiger partial charge in [0, 0.05) is 11.8 Å². The number of fused-ring (bicyclic) bond motifs is 1. The molecule has 1 aromatic heterocycles. The quantitative estimate of drug-likeness (QED) is 0.737. The lowest BCUT2D eigenvalue weighted by molar-refractivity contribution is 0.415. The van der Waals surface area contributed by atoms with Crippen molar-refractivity contribution < 1.29 is 9.84 Å². The fourth-order valence-corrected chi connectivity index (χ4v) is 2.08. The molecule has 0 amide bonds. The predicted molar refractivity (Wildman–Crippen MR) is 73.7 cm³/mol. The standard InChI is InChI=1S/C14H13N3O2/c1-19-11-5-2-9(3-6-11)17-13-8-10(18)4-7-12(13)16-14(17)15/h2-8,18H,1H3,(H2,15,16). The number of nitrogen functional groups attached to an aromatic ring is 1. The Kier molecular flexibility index (Phi) is 2.52. The second-order valence-corrected chi connectivity index (χ2v) is 4.18. The molecule has 96 valence electrons. The average Bonchev–Trinajstić information content (AvgIpc) is 2.74. The van der Waals surface area contributed by atoms with Gasteiger partial charge in [-0.15, -0.1) is 0 Å². The van der Waals surface area contributed by atoms with Gasteiger partial charge in [-0.3, -0.25) is 4.57 Å². The number of hydrogen-bond donors (Lipinski definition) is 2. The van der Waals surface area contributed by atoms with Crippen LogP contribution in [0.25, 0.3) is 16.7 Å². The largest absolute Gasteiger partial charge is 0.508 e. The van der Waals surface area contributed by atoms with Crippen molar-refractivity contribution in [3.63, 3.8) is 0 Å². The minimum Gasteiger partial charge on any atom is -0.508 e. The van der Waals surface area contributed by atoms with Gasteiger partial charge >= 0.3 is 0 Å². The maximum atomic E-state index is 9.59. The highest BCUT2D eigenvalue weighted by molar-refractivity contribution is 5.82. The first-order valence-electron chi connectivity index (χ1n) is 5.80. The first kappa shape index (κ1) is 11.4. The van der Waals surface area contributed by atoms with Crippen molar-refractivity contribution >= 4 is 17.0 Å². The lowest BCUT2D eigenvalue weighted by atomic mass is 10.2. The third-order valence-electron chi connectivity index (χ3n) is 2.99. The van der Waals surface area contributed by atoms with E-state index in [9.17, 15) is 5.11 Å². The zero-order valence-electron chi connectivity index (χ0n) is 10.4. The van der Waals surface area contributed by atoms with Gasteiger partial charge in [0.25, 0.3) is 0 Å². The average molecular weight is 255 g/mol. The van der Waals surface area contributed by atoms with Gasteiger partial charge in [-0.05, 0) is 36.4 Å². The number of aromatic hydroxyl groups is 1. The molecule has 3 rings (SSSR count). The van der Waals surface area contributed by atoms with Crippen LogP contribution in [0.15, 0.2) is 42.5 Å². The maximum Gasteiger partial charge on any atom is 0.205 e. The predicted octanol–water partition coefficient (Wildman–Crippen LogP) is 2.32. The molecule has 0 bridgehead atoms. The molecule has 3 N–H and O–H groups in total. The van der Waals surface area contributed by atoms with Crippen LogP contribution in [0.5, 0.6) is 11.5 Å². The molecule has 19 heavy (non-hydrogen) atoms. The molecule has 0 aliphatic rings. The van der Waals surface area contributed by atoms with Crippen molar-refractivity contribution in [3.8, 4) is 17.2 Å². The van der Waals surface area contributed by atoms with E-state index in [-0.39, 0.29) is 5.75 Å². The van der Waals surface area contributed by atoms with Crippen LogP contribution in [0.2, 0.25) is 0 Å². The number of nitrogens with two attached hydrogens (primary N) is 1. The van der Waals surface area contributed by atoms with Crippen molar-refractivity contribution in [1.82, 2.24) is 9.55 Å². The molecule has 5 nitrogen and oxygen atoms in total. The third-order valence-corrected chi connectivity index (χ3v) is 2.99. The summed E-state index contributed by atoms with van der Waals surface area (Å²) in [5.41, 5.74) is 8.32. The Hall–Kier alpha value is -2.69.